The van der Waals surface area contributed by atoms with Gasteiger partial charge in [0.25, 0.3) is 0 Å². The van der Waals surface area contributed by atoms with E-state index in [1.807, 2.05) is 6.92 Å². The third-order valence-corrected chi connectivity index (χ3v) is 4.64. The predicted octanol–water partition coefficient (Wildman–Crippen LogP) is 4.29. The third kappa shape index (κ3) is 4.07. The van der Waals surface area contributed by atoms with E-state index in [1.165, 1.54) is 6.42 Å². The summed E-state index contributed by atoms with van der Waals surface area (Å²) in [5, 5.41) is 0. The van der Waals surface area contributed by atoms with Crippen molar-refractivity contribution >= 4 is 11.8 Å². The average Bonchev–Trinajstić information content (AvgIpc) is 2.45. The first-order valence-corrected chi connectivity index (χ1v) is 8.31. The highest BCUT2D eigenvalue weighted by atomic mass is 16.5. The highest BCUT2D eigenvalue weighted by molar-refractivity contribution is 6.04. The molecule has 0 aromatic rings. The summed E-state index contributed by atoms with van der Waals surface area (Å²) in [5.74, 6) is 0.318. The van der Waals surface area contributed by atoms with E-state index in [9.17, 15) is 9.59 Å². The predicted molar refractivity (Wildman–Crippen MR) is 80.5 cm³/mol. The Morgan fingerprint density at radius 1 is 1.30 bits per heavy atom. The van der Waals surface area contributed by atoms with E-state index in [0.717, 1.165) is 32.1 Å². The van der Waals surface area contributed by atoms with Gasteiger partial charge in [0.15, 0.2) is 0 Å². The van der Waals surface area contributed by atoms with E-state index in [0.29, 0.717) is 31.8 Å². The van der Waals surface area contributed by atoms with E-state index in [-0.39, 0.29) is 11.8 Å². The lowest BCUT2D eigenvalue weighted by molar-refractivity contribution is -0.163. The molecule has 2 atom stereocenters. The second kappa shape index (κ2) is 8.43. The summed E-state index contributed by atoms with van der Waals surface area (Å²) >= 11 is 0. The molecule has 116 valence electrons. The molecule has 1 aliphatic rings. The molecule has 1 aliphatic carbocycles. The number of rotatable bonds is 8. The van der Waals surface area contributed by atoms with Gasteiger partial charge < -0.3 is 4.74 Å². The molecule has 0 aromatic heterocycles. The van der Waals surface area contributed by atoms with Gasteiger partial charge in [-0.2, -0.15) is 0 Å². The van der Waals surface area contributed by atoms with Crippen LogP contribution in [0, 0.1) is 11.3 Å². The quantitative estimate of drug-likeness (QED) is 0.493. The fraction of sp³-hybridized carbons (Fsp3) is 0.882. The van der Waals surface area contributed by atoms with Gasteiger partial charge in [0.1, 0.15) is 11.2 Å². The van der Waals surface area contributed by atoms with E-state index in [4.69, 9.17) is 4.74 Å². The fourth-order valence-corrected chi connectivity index (χ4v) is 3.31. The van der Waals surface area contributed by atoms with Crippen molar-refractivity contribution in [3.8, 4) is 0 Å². The van der Waals surface area contributed by atoms with Crippen molar-refractivity contribution in [2.24, 2.45) is 11.3 Å². The van der Waals surface area contributed by atoms with Crippen LogP contribution in [0.3, 0.4) is 0 Å². The van der Waals surface area contributed by atoms with Crippen LogP contribution in [-0.4, -0.2) is 18.4 Å². The zero-order chi connectivity index (χ0) is 15.0. The van der Waals surface area contributed by atoms with Gasteiger partial charge in [0.05, 0.1) is 6.61 Å². The lowest BCUT2D eigenvalue weighted by Gasteiger charge is -2.36. The molecule has 0 amide bonds. The number of hydrogen-bond acceptors (Lipinski definition) is 3. The molecular weight excluding hydrogens is 252 g/mol. The largest absolute Gasteiger partial charge is 0.465 e. The molecule has 0 aromatic carbocycles. The second-order valence-electron chi connectivity index (χ2n) is 6.05. The topological polar surface area (TPSA) is 43.4 Å². The molecule has 3 heteroatoms. The first kappa shape index (κ1) is 17.2. The summed E-state index contributed by atoms with van der Waals surface area (Å²) in [5.41, 5.74) is -0.831. The highest BCUT2D eigenvalue weighted by Crippen LogP contribution is 2.41. The minimum Gasteiger partial charge on any atom is -0.465 e. The summed E-state index contributed by atoms with van der Waals surface area (Å²) in [6.07, 6.45) is 8.30. The van der Waals surface area contributed by atoms with Gasteiger partial charge in [-0.05, 0) is 32.1 Å². The molecule has 0 spiro atoms. The zero-order valence-electron chi connectivity index (χ0n) is 13.4. The Morgan fingerprint density at radius 2 is 2.05 bits per heavy atom. The normalized spacial score (nSPS) is 24.4. The van der Waals surface area contributed by atoms with Crippen molar-refractivity contribution in [3.05, 3.63) is 0 Å². The van der Waals surface area contributed by atoms with Crippen LogP contribution in [-0.2, 0) is 14.3 Å². The van der Waals surface area contributed by atoms with Crippen molar-refractivity contribution < 1.29 is 14.3 Å². The first-order chi connectivity index (χ1) is 9.60. The van der Waals surface area contributed by atoms with Crippen LogP contribution in [0.4, 0.5) is 0 Å². The number of unbranched alkanes of at least 4 members (excludes halogenated alkanes) is 1. The van der Waals surface area contributed by atoms with Crippen LogP contribution in [0.25, 0.3) is 0 Å². The summed E-state index contributed by atoms with van der Waals surface area (Å²) in [6.45, 7) is 6.51. The molecule has 0 bridgehead atoms. The van der Waals surface area contributed by atoms with Crippen molar-refractivity contribution in [2.45, 2.75) is 78.6 Å². The van der Waals surface area contributed by atoms with Gasteiger partial charge in [-0.1, -0.05) is 46.0 Å². The Hall–Kier alpha value is -0.860. The van der Waals surface area contributed by atoms with Gasteiger partial charge in [-0.25, -0.2) is 0 Å². The Bertz CT molecular complexity index is 324. The summed E-state index contributed by atoms with van der Waals surface area (Å²) in [7, 11) is 0. The minimum atomic E-state index is -0.831. The van der Waals surface area contributed by atoms with Crippen LogP contribution in [0.1, 0.15) is 78.6 Å². The van der Waals surface area contributed by atoms with Crippen molar-refractivity contribution in [1.82, 2.24) is 0 Å². The van der Waals surface area contributed by atoms with Gasteiger partial charge in [-0.3, -0.25) is 9.59 Å². The molecule has 1 rings (SSSR count). The summed E-state index contributed by atoms with van der Waals surface area (Å²) in [6, 6.07) is 0. The van der Waals surface area contributed by atoms with Crippen LogP contribution >= 0.6 is 0 Å². The van der Waals surface area contributed by atoms with Gasteiger partial charge >= 0.3 is 5.97 Å². The fourth-order valence-electron chi connectivity index (χ4n) is 3.31. The number of ketones is 1. The molecule has 20 heavy (non-hydrogen) atoms. The molecule has 0 radical (unpaired) electrons. The highest BCUT2D eigenvalue weighted by Gasteiger charge is 2.48. The molecule has 2 unspecified atom stereocenters. The number of Topliss-reactive ketones (excluding diaryl/α,β-unsaturated/α-hetero) is 1. The van der Waals surface area contributed by atoms with E-state index in [1.54, 1.807) is 0 Å². The lowest BCUT2D eigenvalue weighted by atomic mass is 9.67. The number of hydrogen-bond donors (Lipinski definition) is 0. The van der Waals surface area contributed by atoms with E-state index < -0.39 is 5.41 Å². The lowest BCUT2D eigenvalue weighted by Crippen LogP contribution is -2.44. The number of carbonyl (C=O) groups is 2. The molecule has 0 N–H and O–H groups in total. The van der Waals surface area contributed by atoms with Crippen molar-refractivity contribution in [1.29, 1.82) is 0 Å². The van der Waals surface area contributed by atoms with Crippen molar-refractivity contribution in [2.75, 3.05) is 6.61 Å². The molecule has 1 saturated carbocycles. The summed E-state index contributed by atoms with van der Waals surface area (Å²) < 4.78 is 5.25. The maximum Gasteiger partial charge on any atom is 0.319 e. The first-order valence-electron chi connectivity index (χ1n) is 8.31. The molecule has 0 saturated heterocycles. The number of esters is 1. The number of ether oxygens (including phenoxy) is 1. The molecule has 0 heterocycles. The monoisotopic (exact) mass is 282 g/mol. The summed E-state index contributed by atoms with van der Waals surface area (Å²) in [4.78, 5) is 24.9. The minimum absolute atomic E-state index is 0.122. The van der Waals surface area contributed by atoms with Gasteiger partial charge in [0.2, 0.25) is 0 Å². The molecule has 0 aliphatic heterocycles. The standard InChI is InChI=1S/C17H30O3/c1-4-7-10-14(5-2)13-17(16(19)20-6-3)12-9-8-11-15(17)18/h14H,4-13H2,1-3H3. The molecule has 3 nitrogen and oxygen atoms in total. The van der Waals surface area contributed by atoms with Crippen LogP contribution in [0.2, 0.25) is 0 Å². The molecular formula is C17H30O3. The Kier molecular flexibility index (Phi) is 7.25. The SMILES string of the molecule is CCCCC(CC)CC1(C(=O)OCC)CCCCC1=O. The van der Waals surface area contributed by atoms with Crippen LogP contribution < -0.4 is 0 Å². The van der Waals surface area contributed by atoms with Crippen molar-refractivity contribution in [3.63, 3.8) is 0 Å². The molecule has 1 fully saturated rings. The smallest absolute Gasteiger partial charge is 0.319 e. The average molecular weight is 282 g/mol. The zero-order valence-corrected chi connectivity index (χ0v) is 13.4. The van der Waals surface area contributed by atoms with E-state index in [2.05, 4.69) is 13.8 Å². The maximum absolute atomic E-state index is 12.5. The third-order valence-electron chi connectivity index (χ3n) is 4.64. The Morgan fingerprint density at radius 3 is 2.60 bits per heavy atom. The maximum atomic E-state index is 12.5. The Labute approximate surface area is 123 Å². The van der Waals surface area contributed by atoms with Gasteiger partial charge in [0, 0.05) is 6.42 Å². The van der Waals surface area contributed by atoms with E-state index >= 15 is 0 Å². The second-order valence-corrected chi connectivity index (χ2v) is 6.05. The van der Waals surface area contributed by atoms with Crippen LogP contribution in [0.15, 0.2) is 0 Å². The Balaban J connectivity index is 2.86. The van der Waals surface area contributed by atoms with Gasteiger partial charge in [-0.15, -0.1) is 0 Å². The number of carbonyl (C=O) groups excluding carboxylic acids is 2. The van der Waals surface area contributed by atoms with Crippen LogP contribution in [0.5, 0.6) is 0 Å².